The second-order valence-electron chi connectivity index (χ2n) is 8.35. The van der Waals surface area contributed by atoms with E-state index in [9.17, 15) is 21.6 Å². The summed E-state index contributed by atoms with van der Waals surface area (Å²) in [6, 6.07) is 4.71. The summed E-state index contributed by atoms with van der Waals surface area (Å²) in [4.78, 5) is 17.3. The lowest BCUT2D eigenvalue weighted by Crippen LogP contribution is -2.49. The van der Waals surface area contributed by atoms with Crippen molar-refractivity contribution in [1.29, 1.82) is 0 Å². The third kappa shape index (κ3) is 5.73. The number of amides is 1. The molecule has 0 bridgehead atoms. The molecule has 0 spiro atoms. The lowest BCUT2D eigenvalue weighted by atomic mass is 10.1. The molecule has 1 aliphatic rings. The highest BCUT2D eigenvalue weighted by Gasteiger charge is 2.27. The van der Waals surface area contributed by atoms with E-state index in [1.807, 2.05) is 11.6 Å². The molecule has 2 heterocycles. The van der Waals surface area contributed by atoms with Crippen LogP contribution in [0.25, 0.3) is 11.0 Å². The molecule has 0 aliphatic carbocycles. The van der Waals surface area contributed by atoms with Crippen LogP contribution in [0.1, 0.15) is 38.9 Å². The van der Waals surface area contributed by atoms with Crippen LogP contribution in [0.3, 0.4) is 0 Å². The van der Waals surface area contributed by atoms with Crippen molar-refractivity contribution in [3.05, 3.63) is 24.0 Å². The van der Waals surface area contributed by atoms with Gasteiger partial charge in [0, 0.05) is 52.1 Å². The Kier molecular flexibility index (Phi) is 7.82. The van der Waals surface area contributed by atoms with Crippen LogP contribution in [0.4, 0.5) is 0 Å². The Hall–Kier alpha value is -2.02. The summed E-state index contributed by atoms with van der Waals surface area (Å²) in [5.74, 6) is 0.520. The number of nitrogens with one attached hydrogen (secondary N) is 1. The Bertz CT molecular complexity index is 1220. The molecule has 1 N–H and O–H groups in total. The summed E-state index contributed by atoms with van der Waals surface area (Å²) in [6.07, 6.45) is 3.23. The van der Waals surface area contributed by atoms with Gasteiger partial charge in [-0.05, 0) is 31.0 Å². The number of hydrogen-bond acceptors (Lipinski definition) is 6. The first kappa shape index (κ1) is 25.6. The van der Waals surface area contributed by atoms with E-state index in [4.69, 9.17) is 0 Å². The molecule has 1 aliphatic heterocycles. The van der Waals surface area contributed by atoms with Crippen molar-refractivity contribution in [3.8, 4) is 0 Å². The van der Waals surface area contributed by atoms with Crippen LogP contribution in [0.5, 0.6) is 0 Å². The fourth-order valence-electron chi connectivity index (χ4n) is 4.21. The number of rotatable bonds is 9. The molecule has 1 saturated heterocycles. The van der Waals surface area contributed by atoms with Crippen LogP contribution in [-0.2, 0) is 38.3 Å². The van der Waals surface area contributed by atoms with Crippen molar-refractivity contribution in [3.63, 3.8) is 0 Å². The van der Waals surface area contributed by atoms with Gasteiger partial charge in [-0.3, -0.25) is 4.79 Å². The number of carbonyl (C=O) groups is 1. The molecule has 1 aromatic heterocycles. The maximum absolute atomic E-state index is 12.8. The van der Waals surface area contributed by atoms with Gasteiger partial charge in [0.15, 0.2) is 0 Å². The van der Waals surface area contributed by atoms with Gasteiger partial charge in [-0.2, -0.15) is 4.31 Å². The van der Waals surface area contributed by atoms with E-state index in [0.29, 0.717) is 50.4 Å². The Labute approximate surface area is 196 Å². The first-order valence-corrected chi connectivity index (χ1v) is 14.5. The third-order valence-corrected chi connectivity index (χ3v) is 9.40. The van der Waals surface area contributed by atoms with E-state index < -0.39 is 20.0 Å². The van der Waals surface area contributed by atoms with E-state index in [-0.39, 0.29) is 23.3 Å². The highest BCUT2D eigenvalue weighted by atomic mass is 32.2. The topological polar surface area (TPSA) is 122 Å². The molecule has 1 aromatic carbocycles. The molecule has 33 heavy (non-hydrogen) atoms. The van der Waals surface area contributed by atoms with Gasteiger partial charge in [-0.15, -0.1) is 0 Å². The SMILES string of the molecule is CCN(CC)S(=O)(=O)c1ccc2c(c1)nc(CCC(=O)NC1CCCN(S(C)(=O)=O)C1)n2C. The monoisotopic (exact) mass is 499 g/mol. The number of nitrogens with zero attached hydrogens (tertiary/aromatic N) is 4. The molecule has 2 aromatic rings. The number of piperidine rings is 1. The maximum Gasteiger partial charge on any atom is 0.243 e. The van der Waals surface area contributed by atoms with E-state index in [1.54, 1.807) is 32.0 Å². The van der Waals surface area contributed by atoms with E-state index in [0.717, 1.165) is 11.9 Å². The van der Waals surface area contributed by atoms with Gasteiger partial charge in [0.1, 0.15) is 5.82 Å². The first-order chi connectivity index (χ1) is 15.5. The Morgan fingerprint density at radius 2 is 1.91 bits per heavy atom. The smallest absolute Gasteiger partial charge is 0.243 e. The lowest BCUT2D eigenvalue weighted by molar-refractivity contribution is -0.122. The molecule has 1 atom stereocenters. The van der Waals surface area contributed by atoms with Gasteiger partial charge < -0.3 is 9.88 Å². The second-order valence-corrected chi connectivity index (χ2v) is 12.3. The zero-order valence-corrected chi connectivity index (χ0v) is 21.2. The minimum absolute atomic E-state index is 0.160. The van der Waals surface area contributed by atoms with Gasteiger partial charge in [0.25, 0.3) is 0 Å². The minimum atomic E-state index is -3.58. The molecular formula is C21H33N5O5S2. The van der Waals surface area contributed by atoms with Crippen molar-refractivity contribution in [2.75, 3.05) is 32.4 Å². The summed E-state index contributed by atoms with van der Waals surface area (Å²) in [5.41, 5.74) is 1.36. The normalized spacial score (nSPS) is 18.2. The number of imidazole rings is 1. The van der Waals surface area contributed by atoms with E-state index >= 15 is 0 Å². The average Bonchev–Trinajstić information content (AvgIpc) is 3.07. The number of carbonyl (C=O) groups excluding carboxylic acids is 1. The quantitative estimate of drug-likeness (QED) is 0.551. The van der Waals surface area contributed by atoms with E-state index in [2.05, 4.69) is 10.3 Å². The summed E-state index contributed by atoms with van der Waals surface area (Å²) in [5, 5.41) is 2.93. The second kappa shape index (κ2) is 10.1. The number of aromatic nitrogens is 2. The third-order valence-electron chi connectivity index (χ3n) is 6.08. The molecule has 184 valence electrons. The largest absolute Gasteiger partial charge is 0.352 e. The molecule has 1 fully saturated rings. The van der Waals surface area contributed by atoms with Gasteiger partial charge in [0.05, 0.1) is 22.2 Å². The Balaban J connectivity index is 1.68. The molecule has 1 unspecified atom stereocenters. The summed E-state index contributed by atoms with van der Waals surface area (Å²) in [6.45, 7) is 5.16. The average molecular weight is 500 g/mol. The summed E-state index contributed by atoms with van der Waals surface area (Å²) in [7, 11) is -5.01. The fourth-order valence-corrected chi connectivity index (χ4v) is 6.60. The summed E-state index contributed by atoms with van der Waals surface area (Å²) >= 11 is 0. The van der Waals surface area contributed by atoms with Crippen LogP contribution in [0, 0.1) is 0 Å². The number of benzene rings is 1. The van der Waals surface area contributed by atoms with Crippen molar-refractivity contribution in [2.24, 2.45) is 7.05 Å². The lowest BCUT2D eigenvalue weighted by Gasteiger charge is -2.31. The van der Waals surface area contributed by atoms with Crippen molar-refractivity contribution >= 4 is 37.0 Å². The van der Waals surface area contributed by atoms with Crippen LogP contribution in [0.15, 0.2) is 23.1 Å². The van der Waals surface area contributed by atoms with Gasteiger partial charge in [-0.1, -0.05) is 13.8 Å². The molecular weight excluding hydrogens is 466 g/mol. The first-order valence-electron chi connectivity index (χ1n) is 11.2. The fraction of sp³-hybridized carbons (Fsp3) is 0.619. The van der Waals surface area contributed by atoms with Crippen molar-refractivity contribution < 1.29 is 21.6 Å². The predicted octanol–water partition coefficient (Wildman–Crippen LogP) is 1.08. The number of sulfonamides is 2. The van der Waals surface area contributed by atoms with Crippen molar-refractivity contribution in [2.45, 2.75) is 50.5 Å². The number of fused-ring (bicyclic) bond motifs is 1. The van der Waals surface area contributed by atoms with Crippen LogP contribution in [0.2, 0.25) is 0 Å². The number of hydrogen-bond donors (Lipinski definition) is 1. The number of aryl methyl sites for hydroxylation is 2. The molecule has 0 radical (unpaired) electrons. The molecule has 0 saturated carbocycles. The molecule has 10 nitrogen and oxygen atoms in total. The predicted molar refractivity (Wildman–Crippen MR) is 127 cm³/mol. The zero-order chi connectivity index (χ0) is 24.4. The zero-order valence-electron chi connectivity index (χ0n) is 19.6. The molecule has 12 heteroatoms. The highest BCUT2D eigenvalue weighted by molar-refractivity contribution is 7.89. The summed E-state index contributed by atoms with van der Waals surface area (Å²) < 4.78 is 53.8. The van der Waals surface area contributed by atoms with Gasteiger partial charge in [-0.25, -0.2) is 26.1 Å². The van der Waals surface area contributed by atoms with Crippen LogP contribution < -0.4 is 5.32 Å². The Morgan fingerprint density at radius 1 is 1.21 bits per heavy atom. The highest BCUT2D eigenvalue weighted by Crippen LogP contribution is 2.23. The molecule has 3 rings (SSSR count). The van der Waals surface area contributed by atoms with Gasteiger partial charge >= 0.3 is 0 Å². The van der Waals surface area contributed by atoms with Crippen LogP contribution in [-0.4, -0.2) is 79.4 Å². The van der Waals surface area contributed by atoms with Gasteiger partial charge in [0.2, 0.25) is 26.0 Å². The molecule has 1 amide bonds. The standard InChI is InChI=1S/C21H33N5O5S2/c1-5-25(6-2)33(30,31)17-9-10-19-18(14-17)23-20(24(19)3)11-12-21(27)22-16-8-7-13-26(15-16)32(4,28)29/h9-10,14,16H,5-8,11-13,15H2,1-4H3,(H,22,27). The maximum atomic E-state index is 12.8. The Morgan fingerprint density at radius 3 is 2.55 bits per heavy atom. The van der Waals surface area contributed by atoms with Crippen molar-refractivity contribution in [1.82, 2.24) is 23.5 Å². The van der Waals surface area contributed by atoms with Crippen LogP contribution >= 0.6 is 0 Å². The van der Waals surface area contributed by atoms with E-state index in [1.165, 1.54) is 14.9 Å². The minimum Gasteiger partial charge on any atom is -0.352 e.